The van der Waals surface area contributed by atoms with Crippen LogP contribution in [0.3, 0.4) is 0 Å². The first-order valence-electron chi connectivity index (χ1n) is 20.5. The van der Waals surface area contributed by atoms with Crippen molar-refractivity contribution in [2.24, 2.45) is 53.3 Å². The van der Waals surface area contributed by atoms with Crippen LogP contribution in [0.1, 0.15) is 110 Å². The Labute approximate surface area is 309 Å². The lowest BCUT2D eigenvalue weighted by Crippen LogP contribution is -2.45. The highest BCUT2D eigenvalue weighted by molar-refractivity contribution is 6.10. The van der Waals surface area contributed by atoms with Crippen LogP contribution >= 0.6 is 0 Å². The predicted octanol–water partition coefficient (Wildman–Crippen LogP) is 2.83. The van der Waals surface area contributed by atoms with E-state index in [1.165, 1.54) is 21.7 Å². The van der Waals surface area contributed by atoms with Crippen molar-refractivity contribution >= 4 is 47.3 Å². The zero-order valence-electron chi connectivity index (χ0n) is 30.9. The largest absolute Gasteiger partial charge is 0.375 e. The second kappa shape index (κ2) is 13.1. The van der Waals surface area contributed by atoms with E-state index >= 15 is 0 Å². The van der Waals surface area contributed by atoms with E-state index in [0.29, 0.717) is 44.4 Å². The van der Waals surface area contributed by atoms with Gasteiger partial charge in [0, 0.05) is 25.2 Å². The van der Waals surface area contributed by atoms with Gasteiger partial charge in [-0.1, -0.05) is 6.92 Å². The highest BCUT2D eigenvalue weighted by Crippen LogP contribution is 2.51. The minimum absolute atomic E-state index is 0.00278. The molecule has 4 aliphatic heterocycles. The summed E-state index contributed by atoms with van der Waals surface area (Å²) >= 11 is 0. The summed E-state index contributed by atoms with van der Waals surface area (Å²) in [4.78, 5) is 113. The van der Waals surface area contributed by atoms with Crippen molar-refractivity contribution in [3.05, 3.63) is 0 Å². The fraction of sp³-hybridized carbons (Fsp3) is 0.800. The Balaban J connectivity index is 0.756. The standard InChI is InChI=1S/C40H52N4O9/c1-19-3-5-20(6-4-19)42-37(49)29-17-31-32(18-30(29)38(42)50)40(52)44(39(31)51)22-9-13-24(14-10-22)53-23-11-7-21(8-12-23)43-35(47)27-15-25-26(16-28(27)36(43)48)34(46)41(2)33(25)45/h19-32H,3-18H2,1-2H3. The summed E-state index contributed by atoms with van der Waals surface area (Å²) < 4.78 is 6.54. The summed E-state index contributed by atoms with van der Waals surface area (Å²) in [5.41, 5.74) is 0. The Bertz CT molecular complexity index is 1560. The lowest BCUT2D eigenvalue weighted by atomic mass is 9.70. The van der Waals surface area contributed by atoms with E-state index < -0.39 is 47.3 Å². The Morgan fingerprint density at radius 2 is 0.623 bits per heavy atom. The molecule has 8 amide bonds. The van der Waals surface area contributed by atoms with Gasteiger partial charge in [-0.15, -0.1) is 0 Å². The first-order valence-corrected chi connectivity index (χ1v) is 20.5. The van der Waals surface area contributed by atoms with E-state index in [1.54, 1.807) is 0 Å². The maximum atomic E-state index is 13.8. The number of hydrogen-bond acceptors (Lipinski definition) is 9. The molecule has 13 nitrogen and oxygen atoms in total. The summed E-state index contributed by atoms with van der Waals surface area (Å²) in [5.74, 6) is -5.01. The molecular formula is C40H52N4O9. The topological polar surface area (TPSA) is 159 Å². The van der Waals surface area contributed by atoms with E-state index in [4.69, 9.17) is 4.74 Å². The van der Waals surface area contributed by atoms with E-state index in [2.05, 4.69) is 6.92 Å². The maximum Gasteiger partial charge on any atom is 0.233 e. The molecule has 9 rings (SSSR count). The predicted molar refractivity (Wildman–Crippen MR) is 184 cm³/mol. The molecule has 0 aromatic carbocycles. The lowest BCUT2D eigenvalue weighted by Gasteiger charge is -2.38. The monoisotopic (exact) mass is 732 g/mol. The van der Waals surface area contributed by atoms with Gasteiger partial charge in [0.05, 0.1) is 59.6 Å². The van der Waals surface area contributed by atoms with E-state index in [1.807, 2.05) is 0 Å². The Morgan fingerprint density at radius 1 is 0.377 bits per heavy atom. The Hall–Kier alpha value is -3.48. The highest BCUT2D eigenvalue weighted by Gasteiger charge is 2.62. The second-order valence-corrected chi connectivity index (χ2v) is 18.1. The number of hydrogen-bond donors (Lipinski definition) is 0. The molecule has 13 heteroatoms. The summed E-state index contributed by atoms with van der Waals surface area (Å²) in [7, 11) is 1.48. The fourth-order valence-electron chi connectivity index (χ4n) is 12.3. The van der Waals surface area contributed by atoms with Gasteiger partial charge in [0.1, 0.15) is 0 Å². The van der Waals surface area contributed by atoms with Crippen molar-refractivity contribution in [2.45, 2.75) is 140 Å². The number of amides is 8. The van der Waals surface area contributed by atoms with Gasteiger partial charge < -0.3 is 4.74 Å². The molecule has 5 aliphatic carbocycles. The number of rotatable bonds is 5. The number of likely N-dealkylation sites (tertiary alicyclic amines) is 4. The van der Waals surface area contributed by atoms with Crippen molar-refractivity contribution in [3.8, 4) is 0 Å². The van der Waals surface area contributed by atoms with Gasteiger partial charge in [0.15, 0.2) is 0 Å². The van der Waals surface area contributed by atoms with Gasteiger partial charge in [-0.05, 0) is 109 Å². The quantitative estimate of drug-likeness (QED) is 0.388. The van der Waals surface area contributed by atoms with Crippen LogP contribution in [0, 0.1) is 53.3 Å². The number of fused-ring (bicyclic) bond motifs is 4. The smallest absolute Gasteiger partial charge is 0.233 e. The zero-order valence-corrected chi connectivity index (χ0v) is 30.9. The number of ether oxygens (including phenoxy) is 1. The molecule has 8 unspecified atom stereocenters. The number of carbonyl (C=O) groups is 8. The molecule has 53 heavy (non-hydrogen) atoms. The van der Waals surface area contributed by atoms with Gasteiger partial charge in [0.2, 0.25) is 47.3 Å². The summed E-state index contributed by atoms with van der Waals surface area (Å²) in [6.45, 7) is 2.20. The average molecular weight is 733 g/mol. The molecular weight excluding hydrogens is 680 g/mol. The Morgan fingerprint density at radius 3 is 0.906 bits per heavy atom. The summed E-state index contributed by atoms with van der Waals surface area (Å²) in [6.07, 6.45) is 10.2. The molecule has 0 spiro atoms. The highest BCUT2D eigenvalue weighted by atomic mass is 16.5. The van der Waals surface area contributed by atoms with Gasteiger partial charge in [-0.2, -0.15) is 0 Å². The van der Waals surface area contributed by atoms with E-state index in [9.17, 15) is 38.4 Å². The SMILES string of the molecule is CC1CCC(N2C(=O)C3CC4C(=O)N(C5CCC(OC6CCC(N7C(=O)C8CC9C(=O)N(C)C(=O)C9CC8C7=O)CC6)CC5)C(=O)C4CC3C2=O)CC1. The van der Waals surface area contributed by atoms with Gasteiger partial charge in [-0.25, -0.2) is 0 Å². The molecule has 5 saturated carbocycles. The fourth-order valence-corrected chi connectivity index (χ4v) is 12.3. The average Bonchev–Trinajstić information content (AvgIpc) is 3.74. The van der Waals surface area contributed by atoms with Crippen molar-refractivity contribution < 1.29 is 43.1 Å². The van der Waals surface area contributed by atoms with Crippen LogP contribution in [0.4, 0.5) is 0 Å². The van der Waals surface area contributed by atoms with Gasteiger partial charge >= 0.3 is 0 Å². The molecule has 8 atom stereocenters. The molecule has 9 fully saturated rings. The van der Waals surface area contributed by atoms with Crippen LogP contribution in [0.5, 0.6) is 0 Å². The van der Waals surface area contributed by atoms with Crippen LogP contribution in [0.25, 0.3) is 0 Å². The van der Waals surface area contributed by atoms with E-state index in [-0.39, 0.29) is 103 Å². The van der Waals surface area contributed by atoms with Crippen LogP contribution in [-0.4, -0.2) is 104 Å². The molecule has 9 aliphatic rings. The first kappa shape index (κ1) is 35.2. The minimum atomic E-state index is -0.528. The normalized spacial score (nSPS) is 44.6. The number of nitrogens with zero attached hydrogens (tertiary/aromatic N) is 4. The van der Waals surface area contributed by atoms with Crippen LogP contribution in [-0.2, 0) is 43.1 Å². The third kappa shape index (κ3) is 5.47. The van der Waals surface area contributed by atoms with Gasteiger partial charge in [0.25, 0.3) is 0 Å². The molecule has 286 valence electrons. The van der Waals surface area contributed by atoms with Crippen molar-refractivity contribution in [1.29, 1.82) is 0 Å². The van der Waals surface area contributed by atoms with Crippen LogP contribution < -0.4 is 0 Å². The van der Waals surface area contributed by atoms with E-state index in [0.717, 1.165) is 43.4 Å². The van der Waals surface area contributed by atoms with Crippen molar-refractivity contribution in [2.75, 3.05) is 7.05 Å². The molecule has 4 saturated heterocycles. The molecule has 4 heterocycles. The molecule has 0 aromatic rings. The third-order valence-corrected chi connectivity index (χ3v) is 15.4. The zero-order chi connectivity index (χ0) is 37.0. The summed E-state index contributed by atoms with van der Waals surface area (Å²) in [5, 5.41) is 0. The number of imide groups is 4. The molecule has 0 N–H and O–H groups in total. The van der Waals surface area contributed by atoms with Crippen molar-refractivity contribution in [3.63, 3.8) is 0 Å². The number of carbonyl (C=O) groups excluding carboxylic acids is 8. The van der Waals surface area contributed by atoms with Crippen LogP contribution in [0.15, 0.2) is 0 Å². The maximum absolute atomic E-state index is 13.8. The lowest BCUT2D eigenvalue weighted by molar-refractivity contribution is -0.146. The summed E-state index contributed by atoms with van der Waals surface area (Å²) in [6, 6.07) is -0.463. The molecule has 0 aromatic heterocycles. The van der Waals surface area contributed by atoms with Crippen molar-refractivity contribution in [1.82, 2.24) is 19.6 Å². The second-order valence-electron chi connectivity index (χ2n) is 18.1. The Kier molecular flexibility index (Phi) is 8.70. The molecule has 0 bridgehead atoms. The third-order valence-electron chi connectivity index (χ3n) is 15.4. The first-order chi connectivity index (χ1) is 25.4. The van der Waals surface area contributed by atoms with Gasteiger partial charge in [-0.3, -0.25) is 58.0 Å². The minimum Gasteiger partial charge on any atom is -0.375 e. The molecule has 0 radical (unpaired) electrons. The van der Waals surface area contributed by atoms with Crippen LogP contribution in [0.2, 0.25) is 0 Å².